The lowest BCUT2D eigenvalue weighted by molar-refractivity contribution is 0.245. The lowest BCUT2D eigenvalue weighted by Gasteiger charge is -2.30. The van der Waals surface area contributed by atoms with E-state index in [-0.39, 0.29) is 5.41 Å². The summed E-state index contributed by atoms with van der Waals surface area (Å²) in [6.07, 6.45) is 4.89. The molecule has 0 bridgehead atoms. The molecule has 0 spiro atoms. The van der Waals surface area contributed by atoms with Gasteiger partial charge < -0.3 is 9.84 Å². The third-order valence-electron chi connectivity index (χ3n) is 4.02. The highest BCUT2D eigenvalue weighted by Crippen LogP contribution is 2.31. The molecule has 1 unspecified atom stereocenters. The first-order chi connectivity index (χ1) is 9.73. The summed E-state index contributed by atoms with van der Waals surface area (Å²) in [5.74, 6) is 1.32. The topological polar surface area (TPSA) is 63.8 Å². The number of nitrogens with one attached hydrogen (secondary N) is 1. The minimum Gasteiger partial charge on any atom is -0.338 e. The van der Waals surface area contributed by atoms with E-state index in [0.29, 0.717) is 11.7 Å². The van der Waals surface area contributed by atoms with Crippen LogP contribution < -0.4 is 5.32 Å². The van der Waals surface area contributed by atoms with E-state index >= 15 is 0 Å². The van der Waals surface area contributed by atoms with Gasteiger partial charge in [0.1, 0.15) is 5.69 Å². The third kappa shape index (κ3) is 2.33. The van der Waals surface area contributed by atoms with Crippen molar-refractivity contribution in [2.75, 3.05) is 13.1 Å². The lowest BCUT2D eigenvalue weighted by Crippen LogP contribution is -2.41. The maximum absolute atomic E-state index is 5.52. The highest BCUT2D eigenvalue weighted by molar-refractivity contribution is 5.53. The Kier molecular flexibility index (Phi) is 3.53. The number of hydrogen-bond acceptors (Lipinski definition) is 5. The molecule has 1 aliphatic heterocycles. The van der Waals surface area contributed by atoms with E-state index in [2.05, 4.69) is 40.4 Å². The predicted molar refractivity (Wildman–Crippen MR) is 76.4 cm³/mol. The minimum atomic E-state index is -0.0648. The predicted octanol–water partition coefficient (Wildman–Crippen LogP) is 2.34. The fourth-order valence-electron chi connectivity index (χ4n) is 2.73. The summed E-state index contributed by atoms with van der Waals surface area (Å²) in [6.45, 7) is 6.23. The number of pyridine rings is 1. The van der Waals surface area contributed by atoms with Gasteiger partial charge >= 0.3 is 0 Å². The van der Waals surface area contributed by atoms with Crippen molar-refractivity contribution in [3.05, 3.63) is 29.8 Å². The monoisotopic (exact) mass is 272 g/mol. The zero-order valence-corrected chi connectivity index (χ0v) is 12.0. The van der Waals surface area contributed by atoms with Crippen molar-refractivity contribution in [2.45, 2.75) is 38.5 Å². The molecule has 1 atom stereocenters. The Labute approximate surface area is 118 Å². The molecular weight excluding hydrogens is 252 g/mol. The zero-order valence-electron chi connectivity index (χ0n) is 12.0. The first-order valence-electron chi connectivity index (χ1n) is 7.22. The van der Waals surface area contributed by atoms with Gasteiger partial charge in [-0.05, 0) is 44.4 Å². The van der Waals surface area contributed by atoms with E-state index in [4.69, 9.17) is 4.52 Å². The van der Waals surface area contributed by atoms with Crippen LogP contribution in [0.3, 0.4) is 0 Å². The van der Waals surface area contributed by atoms with Crippen LogP contribution in [0.15, 0.2) is 22.9 Å². The molecule has 5 nitrogen and oxygen atoms in total. The summed E-state index contributed by atoms with van der Waals surface area (Å²) in [5.41, 5.74) is 1.91. The van der Waals surface area contributed by atoms with Crippen LogP contribution in [-0.4, -0.2) is 28.2 Å². The molecule has 5 heteroatoms. The van der Waals surface area contributed by atoms with Crippen LogP contribution in [0.25, 0.3) is 11.5 Å². The molecule has 1 N–H and O–H groups in total. The lowest BCUT2D eigenvalue weighted by atomic mass is 9.83. The molecule has 106 valence electrons. The second kappa shape index (κ2) is 5.32. The fourth-order valence-corrected chi connectivity index (χ4v) is 2.73. The number of hydrogen-bond donors (Lipinski definition) is 1. The van der Waals surface area contributed by atoms with Crippen molar-refractivity contribution in [1.29, 1.82) is 0 Å². The van der Waals surface area contributed by atoms with Crippen LogP contribution in [-0.2, 0) is 11.8 Å². The molecule has 2 aromatic rings. The van der Waals surface area contributed by atoms with E-state index in [9.17, 15) is 0 Å². The number of aryl methyl sites for hydroxylation is 1. The quantitative estimate of drug-likeness (QED) is 0.929. The second-order valence-corrected chi connectivity index (χ2v) is 5.63. The summed E-state index contributed by atoms with van der Waals surface area (Å²) < 4.78 is 5.52. The molecule has 1 fully saturated rings. The van der Waals surface area contributed by atoms with Crippen molar-refractivity contribution in [1.82, 2.24) is 20.4 Å². The summed E-state index contributed by atoms with van der Waals surface area (Å²) in [4.78, 5) is 9.00. The normalized spacial score (nSPS) is 22.9. The Hall–Kier alpha value is -1.75. The molecular formula is C15H20N4O. The molecule has 0 amide bonds. The average molecular weight is 272 g/mol. The van der Waals surface area contributed by atoms with Gasteiger partial charge in [0.15, 0.2) is 0 Å². The first-order valence-corrected chi connectivity index (χ1v) is 7.22. The fraction of sp³-hybridized carbons (Fsp3) is 0.533. The van der Waals surface area contributed by atoms with Crippen LogP contribution >= 0.6 is 0 Å². The molecule has 3 heterocycles. The van der Waals surface area contributed by atoms with Gasteiger partial charge in [0.05, 0.1) is 5.41 Å². The summed E-state index contributed by atoms with van der Waals surface area (Å²) >= 11 is 0. The van der Waals surface area contributed by atoms with E-state index in [0.717, 1.165) is 43.6 Å². The minimum absolute atomic E-state index is 0.0648. The Bertz CT molecular complexity index is 587. The van der Waals surface area contributed by atoms with Gasteiger partial charge in [-0.3, -0.25) is 4.98 Å². The molecule has 20 heavy (non-hydrogen) atoms. The number of nitrogens with zero attached hydrogens (tertiary/aromatic N) is 3. The second-order valence-electron chi connectivity index (χ2n) is 5.63. The van der Waals surface area contributed by atoms with Crippen LogP contribution in [0.4, 0.5) is 0 Å². The zero-order chi connectivity index (χ0) is 14.0. The highest BCUT2D eigenvalue weighted by Gasteiger charge is 2.34. The Morgan fingerprint density at radius 1 is 1.45 bits per heavy atom. The van der Waals surface area contributed by atoms with Crippen LogP contribution in [0, 0.1) is 0 Å². The molecule has 0 radical (unpaired) electrons. The number of piperidine rings is 1. The summed E-state index contributed by atoms with van der Waals surface area (Å²) in [7, 11) is 0. The maximum Gasteiger partial charge on any atom is 0.234 e. The van der Waals surface area contributed by atoms with Gasteiger partial charge in [0.2, 0.25) is 11.7 Å². The highest BCUT2D eigenvalue weighted by atomic mass is 16.5. The summed E-state index contributed by atoms with van der Waals surface area (Å²) in [5, 5.41) is 7.54. The molecule has 1 saturated heterocycles. The van der Waals surface area contributed by atoms with Crippen molar-refractivity contribution < 1.29 is 4.52 Å². The molecule has 0 aromatic carbocycles. The molecule has 3 rings (SSSR count). The van der Waals surface area contributed by atoms with Crippen molar-refractivity contribution in [3.8, 4) is 11.5 Å². The maximum atomic E-state index is 5.52. The average Bonchev–Trinajstić information content (AvgIpc) is 2.98. The van der Waals surface area contributed by atoms with Gasteiger partial charge in [-0.2, -0.15) is 4.98 Å². The Morgan fingerprint density at radius 3 is 3.10 bits per heavy atom. The van der Waals surface area contributed by atoms with Crippen molar-refractivity contribution >= 4 is 0 Å². The van der Waals surface area contributed by atoms with Gasteiger partial charge in [0.25, 0.3) is 0 Å². The summed E-state index contributed by atoms with van der Waals surface area (Å²) in [6, 6.07) is 4.00. The number of rotatable bonds is 3. The van der Waals surface area contributed by atoms with Crippen molar-refractivity contribution in [2.24, 2.45) is 0 Å². The van der Waals surface area contributed by atoms with Crippen molar-refractivity contribution in [3.63, 3.8) is 0 Å². The van der Waals surface area contributed by atoms with Crippen LogP contribution in [0.1, 0.15) is 38.1 Å². The standard InChI is InChI=1S/C15H20N4O/c1-3-11-6-4-9-17-12(11)13-18-14(20-19-13)15(2)7-5-8-16-10-15/h4,6,9,16H,3,5,7-8,10H2,1-2H3. The van der Waals surface area contributed by atoms with E-state index < -0.39 is 0 Å². The van der Waals surface area contributed by atoms with E-state index in [1.165, 1.54) is 0 Å². The molecule has 0 aliphatic carbocycles. The van der Waals surface area contributed by atoms with Gasteiger partial charge in [0, 0.05) is 12.7 Å². The first kappa shape index (κ1) is 13.2. The molecule has 1 aliphatic rings. The van der Waals surface area contributed by atoms with E-state index in [1.54, 1.807) is 6.20 Å². The van der Waals surface area contributed by atoms with Crippen LogP contribution in [0.2, 0.25) is 0 Å². The number of aromatic nitrogens is 3. The third-order valence-corrected chi connectivity index (χ3v) is 4.02. The molecule has 0 saturated carbocycles. The van der Waals surface area contributed by atoms with Crippen LogP contribution in [0.5, 0.6) is 0 Å². The van der Waals surface area contributed by atoms with Gasteiger partial charge in [-0.15, -0.1) is 0 Å². The largest absolute Gasteiger partial charge is 0.338 e. The Balaban J connectivity index is 1.94. The van der Waals surface area contributed by atoms with Gasteiger partial charge in [-0.25, -0.2) is 0 Å². The van der Waals surface area contributed by atoms with E-state index in [1.807, 2.05) is 6.07 Å². The SMILES string of the molecule is CCc1cccnc1-c1noc(C2(C)CCCNC2)n1. The van der Waals surface area contributed by atoms with Gasteiger partial charge in [-0.1, -0.05) is 18.1 Å². The smallest absolute Gasteiger partial charge is 0.234 e. The molecule has 2 aromatic heterocycles. The Morgan fingerprint density at radius 2 is 2.35 bits per heavy atom.